The van der Waals surface area contributed by atoms with Crippen molar-refractivity contribution in [1.29, 1.82) is 0 Å². The van der Waals surface area contributed by atoms with Crippen LogP contribution in [-0.2, 0) is 23.1 Å². The molecule has 0 aromatic carbocycles. The Morgan fingerprint density at radius 1 is 1.47 bits per heavy atom. The highest BCUT2D eigenvalue weighted by Gasteiger charge is 2.53. The van der Waals surface area contributed by atoms with E-state index in [9.17, 15) is 24.5 Å². The summed E-state index contributed by atoms with van der Waals surface area (Å²) in [4.78, 5) is 20.1. The molecule has 0 fully saturated rings. The molecule has 10 nitrogen and oxygen atoms in total. The SMILES string of the molecule is CCOP(=O)(O)O[C@](O)(CO)[C@H]1OC(=O)C(O)=C1O. The van der Waals surface area contributed by atoms with E-state index in [1.165, 1.54) is 6.92 Å². The Kier molecular flexibility index (Phi) is 4.56. The average Bonchev–Trinajstić information content (AvgIpc) is 2.56. The second-order valence-electron chi connectivity index (χ2n) is 3.50. The third-order valence-electron chi connectivity index (χ3n) is 2.11. The van der Waals surface area contributed by atoms with Gasteiger partial charge in [0.15, 0.2) is 5.76 Å². The van der Waals surface area contributed by atoms with E-state index in [4.69, 9.17) is 10.2 Å². The smallest absolute Gasteiger partial charge is 0.474 e. The molecule has 1 rings (SSSR count). The second kappa shape index (κ2) is 5.45. The standard InChI is InChI=1S/C8H13O10P/c1-2-16-19(14,15)18-8(13,3-9)6-4(10)5(11)7(12)17-6/h6,9-11,13H,2-3H2,1H3,(H,14,15)/t6-,8+/m0/s1. The van der Waals surface area contributed by atoms with Crippen LogP contribution >= 0.6 is 7.82 Å². The molecule has 1 heterocycles. The largest absolute Gasteiger partial charge is 0.505 e. The molecule has 19 heavy (non-hydrogen) atoms. The summed E-state index contributed by atoms with van der Waals surface area (Å²) >= 11 is 0. The van der Waals surface area contributed by atoms with Crippen LogP contribution in [0.1, 0.15) is 6.92 Å². The predicted octanol–water partition coefficient (Wildman–Crippen LogP) is -0.926. The maximum Gasteiger partial charge on any atom is 0.474 e. The Labute approximate surface area is 107 Å². The fraction of sp³-hybridized carbons (Fsp3) is 0.625. The third-order valence-corrected chi connectivity index (χ3v) is 3.24. The summed E-state index contributed by atoms with van der Waals surface area (Å²) in [6.45, 7) is -0.199. The van der Waals surface area contributed by atoms with Crippen LogP contribution in [0.5, 0.6) is 0 Å². The van der Waals surface area contributed by atoms with Gasteiger partial charge in [-0.1, -0.05) is 0 Å². The normalized spacial score (nSPS) is 25.9. The summed E-state index contributed by atoms with van der Waals surface area (Å²) in [7, 11) is -4.77. The molecule has 0 bridgehead atoms. The van der Waals surface area contributed by atoms with Gasteiger partial charge in [-0.05, 0) is 6.92 Å². The van der Waals surface area contributed by atoms with Crippen molar-refractivity contribution in [2.45, 2.75) is 18.8 Å². The molecule has 5 N–H and O–H groups in total. The van der Waals surface area contributed by atoms with Gasteiger partial charge in [-0.25, -0.2) is 13.9 Å². The van der Waals surface area contributed by atoms with Crippen LogP contribution in [0.15, 0.2) is 11.5 Å². The van der Waals surface area contributed by atoms with Crippen molar-refractivity contribution in [3.63, 3.8) is 0 Å². The van der Waals surface area contributed by atoms with E-state index in [-0.39, 0.29) is 6.61 Å². The van der Waals surface area contributed by atoms with Gasteiger partial charge in [0.05, 0.1) is 6.61 Å². The molecule has 1 unspecified atom stereocenters. The van der Waals surface area contributed by atoms with Gasteiger partial charge in [0.1, 0.15) is 6.61 Å². The lowest BCUT2D eigenvalue weighted by molar-refractivity contribution is -0.233. The first kappa shape index (κ1) is 15.9. The van der Waals surface area contributed by atoms with Crippen molar-refractivity contribution < 1.29 is 48.5 Å². The maximum atomic E-state index is 11.4. The third kappa shape index (κ3) is 3.24. The summed E-state index contributed by atoms with van der Waals surface area (Å²) in [6, 6.07) is 0. The van der Waals surface area contributed by atoms with E-state index in [0.29, 0.717) is 0 Å². The fourth-order valence-corrected chi connectivity index (χ4v) is 2.23. The van der Waals surface area contributed by atoms with Crippen LogP contribution in [-0.4, -0.2) is 56.4 Å². The molecule has 0 aromatic heterocycles. The predicted molar refractivity (Wildman–Crippen MR) is 56.7 cm³/mol. The Hall–Kier alpha value is -1.16. The van der Waals surface area contributed by atoms with E-state index in [1.807, 2.05) is 0 Å². The van der Waals surface area contributed by atoms with E-state index in [1.54, 1.807) is 0 Å². The van der Waals surface area contributed by atoms with Crippen LogP contribution in [0, 0.1) is 0 Å². The van der Waals surface area contributed by atoms with Crippen LogP contribution < -0.4 is 0 Å². The molecule has 1 aliphatic rings. The average molecular weight is 300 g/mol. The molecule has 0 radical (unpaired) electrons. The first-order chi connectivity index (χ1) is 8.67. The number of aliphatic hydroxyl groups excluding tert-OH is 3. The minimum Gasteiger partial charge on any atom is -0.505 e. The molecule has 1 aliphatic heterocycles. The number of carbonyl (C=O) groups excluding carboxylic acids is 1. The molecule has 0 saturated carbocycles. The number of hydrogen-bond donors (Lipinski definition) is 5. The monoisotopic (exact) mass is 300 g/mol. The van der Waals surface area contributed by atoms with Crippen molar-refractivity contribution in [2.75, 3.05) is 13.2 Å². The number of hydrogen-bond acceptors (Lipinski definition) is 9. The molecule has 0 aliphatic carbocycles. The highest BCUT2D eigenvalue weighted by Crippen LogP contribution is 2.48. The zero-order valence-corrected chi connectivity index (χ0v) is 10.6. The quantitative estimate of drug-likeness (QED) is 0.235. The van der Waals surface area contributed by atoms with Gasteiger partial charge in [0, 0.05) is 0 Å². The molecule has 0 spiro atoms. The summed E-state index contributed by atoms with van der Waals surface area (Å²) in [5.41, 5.74) is 0. The van der Waals surface area contributed by atoms with E-state index in [0.717, 1.165) is 0 Å². The summed E-state index contributed by atoms with van der Waals surface area (Å²) in [5.74, 6) is -6.69. The number of aliphatic hydroxyl groups is 4. The maximum absolute atomic E-state index is 11.4. The molecule has 0 saturated heterocycles. The summed E-state index contributed by atoms with van der Waals surface area (Å²) in [5, 5.41) is 37.2. The Morgan fingerprint density at radius 3 is 2.42 bits per heavy atom. The minimum atomic E-state index is -4.77. The van der Waals surface area contributed by atoms with Crippen LogP contribution in [0.3, 0.4) is 0 Å². The lowest BCUT2D eigenvalue weighted by atomic mass is 10.1. The fourth-order valence-electron chi connectivity index (χ4n) is 1.30. The highest BCUT2D eigenvalue weighted by molar-refractivity contribution is 7.47. The van der Waals surface area contributed by atoms with Gasteiger partial charge in [-0.15, -0.1) is 0 Å². The van der Waals surface area contributed by atoms with Gasteiger partial charge in [0.25, 0.3) is 0 Å². The van der Waals surface area contributed by atoms with Gasteiger partial charge in [-0.2, -0.15) is 0 Å². The first-order valence-corrected chi connectivity index (χ1v) is 6.50. The van der Waals surface area contributed by atoms with Crippen LogP contribution in [0.4, 0.5) is 0 Å². The van der Waals surface area contributed by atoms with Crippen LogP contribution in [0.25, 0.3) is 0 Å². The number of esters is 1. The van der Waals surface area contributed by atoms with Crippen LogP contribution in [0.2, 0.25) is 0 Å². The summed E-state index contributed by atoms with van der Waals surface area (Å²) < 4.78 is 24.3. The lowest BCUT2D eigenvalue weighted by Crippen LogP contribution is -2.49. The number of ether oxygens (including phenoxy) is 1. The molecule has 0 amide bonds. The first-order valence-electron chi connectivity index (χ1n) is 5.01. The Morgan fingerprint density at radius 2 is 2.05 bits per heavy atom. The number of carbonyl (C=O) groups is 1. The van der Waals surface area contributed by atoms with Gasteiger partial charge in [0.2, 0.25) is 17.7 Å². The molecule has 110 valence electrons. The Bertz CT molecular complexity index is 445. The summed E-state index contributed by atoms with van der Waals surface area (Å²) in [6.07, 6.45) is -2.06. The van der Waals surface area contributed by atoms with Crippen molar-refractivity contribution >= 4 is 13.8 Å². The lowest BCUT2D eigenvalue weighted by Gasteiger charge is -2.31. The minimum absolute atomic E-state index is 0.243. The van der Waals surface area contributed by atoms with E-state index in [2.05, 4.69) is 13.8 Å². The highest BCUT2D eigenvalue weighted by atomic mass is 31.2. The zero-order chi connectivity index (χ0) is 14.8. The number of rotatable bonds is 6. The van der Waals surface area contributed by atoms with Gasteiger partial charge >= 0.3 is 13.8 Å². The molecular formula is C8H13O10P. The zero-order valence-electron chi connectivity index (χ0n) is 9.72. The molecule has 11 heteroatoms. The molecule has 3 atom stereocenters. The van der Waals surface area contributed by atoms with E-state index >= 15 is 0 Å². The van der Waals surface area contributed by atoms with Gasteiger partial charge in [-0.3, -0.25) is 4.52 Å². The van der Waals surface area contributed by atoms with Crippen molar-refractivity contribution in [1.82, 2.24) is 0 Å². The second-order valence-corrected chi connectivity index (χ2v) is 4.88. The number of phosphoric acid groups is 1. The van der Waals surface area contributed by atoms with E-state index < -0.39 is 43.8 Å². The van der Waals surface area contributed by atoms with Crippen molar-refractivity contribution in [3.05, 3.63) is 11.5 Å². The molecular weight excluding hydrogens is 287 g/mol. The topological polar surface area (TPSA) is 163 Å². The number of cyclic esters (lactones) is 1. The van der Waals surface area contributed by atoms with Crippen molar-refractivity contribution in [2.24, 2.45) is 0 Å². The number of phosphoric ester groups is 1. The molecule has 0 aromatic rings. The van der Waals surface area contributed by atoms with Crippen molar-refractivity contribution in [3.8, 4) is 0 Å². The Balaban J connectivity index is 3.00. The van der Waals surface area contributed by atoms with Gasteiger partial charge < -0.3 is 30.1 Å².